The van der Waals surface area contributed by atoms with Crippen LogP contribution in [-0.4, -0.2) is 50.2 Å². The molecular weight excluding hydrogens is 466 g/mol. The smallest absolute Gasteiger partial charge is 0.331 e. The minimum Gasteiger partial charge on any atom is -0.452 e. The first kappa shape index (κ1) is 24.6. The molecule has 0 radical (unpaired) electrons. The Kier molecular flexibility index (Phi) is 8.37. The van der Waals surface area contributed by atoms with E-state index in [-0.39, 0.29) is 15.5 Å². The van der Waals surface area contributed by atoms with E-state index in [1.807, 2.05) is 0 Å². The molecule has 3 N–H and O–H groups in total. The molecule has 0 bridgehead atoms. The van der Waals surface area contributed by atoms with Crippen LogP contribution < -0.4 is 11.1 Å². The number of thiophene rings is 1. The molecule has 0 aliphatic carbocycles. The van der Waals surface area contributed by atoms with Gasteiger partial charge in [0.25, 0.3) is 11.8 Å². The van der Waals surface area contributed by atoms with Gasteiger partial charge in [0.05, 0.1) is 10.5 Å². The molecule has 1 saturated heterocycles. The van der Waals surface area contributed by atoms with Gasteiger partial charge in [-0.15, -0.1) is 11.3 Å². The first-order valence-electron chi connectivity index (χ1n) is 10.4. The Balaban J connectivity index is 1.52. The van der Waals surface area contributed by atoms with Crippen LogP contribution in [0.25, 0.3) is 6.08 Å². The van der Waals surface area contributed by atoms with Gasteiger partial charge in [0.1, 0.15) is 5.00 Å². The fraction of sp³-hybridized carbons (Fsp3) is 0.318. The number of rotatable bonds is 8. The van der Waals surface area contributed by atoms with E-state index in [1.165, 1.54) is 28.6 Å². The maximum atomic E-state index is 12.8. The van der Waals surface area contributed by atoms with Gasteiger partial charge in [-0.1, -0.05) is 25.0 Å². The number of esters is 1. The molecule has 0 saturated carbocycles. The predicted molar refractivity (Wildman–Crippen MR) is 125 cm³/mol. The zero-order valence-electron chi connectivity index (χ0n) is 17.9. The lowest BCUT2D eigenvalue weighted by molar-refractivity contribution is -0.142. The van der Waals surface area contributed by atoms with E-state index in [2.05, 4.69) is 5.32 Å². The second kappa shape index (κ2) is 11.2. The fourth-order valence-corrected chi connectivity index (χ4v) is 5.62. The summed E-state index contributed by atoms with van der Waals surface area (Å²) in [6, 6.07) is 7.71. The van der Waals surface area contributed by atoms with E-state index in [0.717, 1.165) is 43.1 Å². The van der Waals surface area contributed by atoms with Crippen LogP contribution >= 0.6 is 11.3 Å². The summed E-state index contributed by atoms with van der Waals surface area (Å²) in [5.74, 6) is -2.02. The summed E-state index contributed by atoms with van der Waals surface area (Å²) in [5.41, 5.74) is 6.00. The number of carbonyl (C=O) groups excluding carboxylic acids is 3. The minimum absolute atomic E-state index is 0.181. The van der Waals surface area contributed by atoms with Crippen LogP contribution in [0.3, 0.4) is 0 Å². The molecule has 3 rings (SSSR count). The topological polar surface area (TPSA) is 136 Å². The molecule has 1 fully saturated rings. The Labute approximate surface area is 196 Å². The molecule has 2 aromatic rings. The van der Waals surface area contributed by atoms with Crippen molar-refractivity contribution in [2.75, 3.05) is 25.0 Å². The summed E-state index contributed by atoms with van der Waals surface area (Å²) < 4.78 is 32.0. The normalized spacial score (nSPS) is 15.2. The monoisotopic (exact) mass is 491 g/mol. The van der Waals surface area contributed by atoms with Crippen molar-refractivity contribution in [1.29, 1.82) is 0 Å². The van der Waals surface area contributed by atoms with Crippen LogP contribution in [0.5, 0.6) is 0 Å². The molecule has 1 aliphatic heterocycles. The standard InChI is InChI=1S/C22H25N3O6S2/c23-21(28)18-11-14-32-22(18)24-19(26)15-31-20(27)10-7-16-5-8-17(9-6-16)33(29,30)25-12-3-1-2-4-13-25/h5-11,14H,1-4,12-13,15H2,(H2,23,28)(H,24,26)/b10-7+. The SMILES string of the molecule is NC(=O)c1ccsc1NC(=O)COC(=O)/C=C/c1ccc(S(=O)(=O)N2CCCCCC2)cc1. The van der Waals surface area contributed by atoms with Crippen molar-refractivity contribution in [1.82, 2.24) is 4.31 Å². The highest BCUT2D eigenvalue weighted by Gasteiger charge is 2.24. The highest BCUT2D eigenvalue weighted by atomic mass is 32.2. The number of amides is 2. The minimum atomic E-state index is -3.54. The summed E-state index contributed by atoms with van der Waals surface area (Å²) in [7, 11) is -3.54. The molecular formula is C22H25N3O6S2. The van der Waals surface area contributed by atoms with Crippen LogP contribution in [-0.2, 0) is 24.3 Å². The number of nitrogens with zero attached hydrogens (tertiary/aromatic N) is 1. The first-order valence-corrected chi connectivity index (χ1v) is 12.7. The van der Waals surface area contributed by atoms with Crippen molar-refractivity contribution in [2.45, 2.75) is 30.6 Å². The van der Waals surface area contributed by atoms with Gasteiger partial charge in [0.15, 0.2) is 6.61 Å². The van der Waals surface area contributed by atoms with Gasteiger partial charge in [0, 0.05) is 19.2 Å². The number of anilines is 1. The van der Waals surface area contributed by atoms with Crippen LogP contribution in [0.4, 0.5) is 5.00 Å². The van der Waals surface area contributed by atoms with Crippen LogP contribution in [0, 0.1) is 0 Å². The second-order valence-corrected chi connectivity index (χ2v) is 10.3. The summed E-state index contributed by atoms with van der Waals surface area (Å²) in [6.07, 6.45) is 6.41. The Hall–Kier alpha value is -3.02. The fourth-order valence-electron chi connectivity index (χ4n) is 3.29. The molecule has 9 nitrogen and oxygen atoms in total. The number of ether oxygens (including phenoxy) is 1. The molecule has 11 heteroatoms. The van der Waals surface area contributed by atoms with E-state index >= 15 is 0 Å². The average molecular weight is 492 g/mol. The lowest BCUT2D eigenvalue weighted by atomic mass is 10.2. The van der Waals surface area contributed by atoms with Gasteiger partial charge >= 0.3 is 5.97 Å². The zero-order valence-corrected chi connectivity index (χ0v) is 19.5. The van der Waals surface area contributed by atoms with E-state index in [9.17, 15) is 22.8 Å². The molecule has 0 atom stereocenters. The van der Waals surface area contributed by atoms with Gasteiger partial charge in [-0.05, 0) is 48.1 Å². The first-order chi connectivity index (χ1) is 15.8. The lowest BCUT2D eigenvalue weighted by Gasteiger charge is -2.19. The highest BCUT2D eigenvalue weighted by molar-refractivity contribution is 7.89. The Bertz CT molecular complexity index is 1130. The lowest BCUT2D eigenvalue weighted by Crippen LogP contribution is -2.31. The molecule has 1 aliphatic rings. The van der Waals surface area contributed by atoms with Crippen molar-refractivity contribution < 1.29 is 27.5 Å². The molecule has 176 valence electrons. The van der Waals surface area contributed by atoms with Crippen molar-refractivity contribution >= 4 is 50.2 Å². The molecule has 33 heavy (non-hydrogen) atoms. The van der Waals surface area contributed by atoms with E-state index in [1.54, 1.807) is 17.5 Å². The van der Waals surface area contributed by atoms with Gasteiger partial charge in [-0.25, -0.2) is 13.2 Å². The quantitative estimate of drug-likeness (QED) is 0.430. The van der Waals surface area contributed by atoms with Gasteiger partial charge in [-0.2, -0.15) is 4.31 Å². The number of hydrogen-bond donors (Lipinski definition) is 2. The Morgan fingerprint density at radius 3 is 2.36 bits per heavy atom. The van der Waals surface area contributed by atoms with Gasteiger partial charge < -0.3 is 15.8 Å². The second-order valence-electron chi connectivity index (χ2n) is 7.40. The maximum absolute atomic E-state index is 12.8. The Morgan fingerprint density at radius 2 is 1.73 bits per heavy atom. The van der Waals surface area contributed by atoms with Crippen molar-refractivity contribution in [3.05, 3.63) is 52.9 Å². The van der Waals surface area contributed by atoms with Crippen molar-refractivity contribution in [3.8, 4) is 0 Å². The van der Waals surface area contributed by atoms with E-state index < -0.39 is 34.4 Å². The molecule has 2 amide bonds. The molecule has 0 unspecified atom stereocenters. The number of nitrogens with two attached hydrogens (primary N) is 1. The molecule has 2 heterocycles. The Morgan fingerprint density at radius 1 is 1.06 bits per heavy atom. The van der Waals surface area contributed by atoms with Gasteiger partial charge in [-0.3, -0.25) is 9.59 Å². The van der Waals surface area contributed by atoms with Crippen LogP contribution in [0.2, 0.25) is 0 Å². The molecule has 0 spiro atoms. The third-order valence-electron chi connectivity index (χ3n) is 5.02. The van der Waals surface area contributed by atoms with Crippen LogP contribution in [0.15, 0.2) is 46.7 Å². The van der Waals surface area contributed by atoms with Crippen LogP contribution in [0.1, 0.15) is 41.6 Å². The predicted octanol–water partition coefficient (Wildman–Crippen LogP) is 2.61. The number of benzene rings is 1. The third-order valence-corrected chi connectivity index (χ3v) is 7.77. The largest absolute Gasteiger partial charge is 0.452 e. The highest BCUT2D eigenvalue weighted by Crippen LogP contribution is 2.23. The number of carbonyl (C=O) groups is 3. The summed E-state index contributed by atoms with van der Waals surface area (Å²) in [4.78, 5) is 35.3. The summed E-state index contributed by atoms with van der Waals surface area (Å²) in [5, 5.41) is 4.36. The number of nitrogens with one attached hydrogen (secondary N) is 1. The maximum Gasteiger partial charge on any atom is 0.331 e. The van der Waals surface area contributed by atoms with Crippen molar-refractivity contribution in [3.63, 3.8) is 0 Å². The number of sulfonamides is 1. The average Bonchev–Trinajstić information content (AvgIpc) is 3.07. The third kappa shape index (κ3) is 6.73. The number of hydrogen-bond acceptors (Lipinski definition) is 7. The number of primary amides is 1. The van der Waals surface area contributed by atoms with E-state index in [4.69, 9.17) is 10.5 Å². The summed E-state index contributed by atoms with van der Waals surface area (Å²) in [6.45, 7) is 0.520. The van der Waals surface area contributed by atoms with Crippen molar-refractivity contribution in [2.24, 2.45) is 5.73 Å². The van der Waals surface area contributed by atoms with Gasteiger partial charge in [0.2, 0.25) is 10.0 Å². The molecule has 1 aromatic heterocycles. The summed E-state index contributed by atoms with van der Waals surface area (Å²) >= 11 is 1.13. The van der Waals surface area contributed by atoms with E-state index in [0.29, 0.717) is 18.7 Å². The molecule has 1 aromatic carbocycles. The zero-order chi connectivity index (χ0) is 23.8.